The van der Waals surface area contributed by atoms with Crippen molar-refractivity contribution in [2.45, 2.75) is 64.7 Å². The molecule has 0 spiro atoms. The Morgan fingerprint density at radius 1 is 1.37 bits per heavy atom. The lowest BCUT2D eigenvalue weighted by Crippen LogP contribution is -2.48. The Morgan fingerprint density at radius 3 is 2.37 bits per heavy atom. The summed E-state index contributed by atoms with van der Waals surface area (Å²) in [6.45, 7) is 4.10. The fraction of sp³-hybridized carbons (Fsp3) is 0.929. The molecule has 2 rings (SSSR count). The van der Waals surface area contributed by atoms with Gasteiger partial charge < -0.3 is 4.74 Å². The van der Waals surface area contributed by atoms with Gasteiger partial charge in [0.15, 0.2) is 5.41 Å². The summed E-state index contributed by atoms with van der Waals surface area (Å²) in [7, 11) is 0. The van der Waals surface area contributed by atoms with Crippen molar-refractivity contribution in [3.8, 4) is 0 Å². The van der Waals surface area contributed by atoms with Gasteiger partial charge in [0.05, 0.1) is 0 Å². The summed E-state index contributed by atoms with van der Waals surface area (Å²) in [6, 6.07) is 0. The van der Waals surface area contributed by atoms with Crippen molar-refractivity contribution >= 4 is 5.97 Å². The van der Waals surface area contributed by atoms with Crippen LogP contribution in [0.4, 0.5) is 13.2 Å². The van der Waals surface area contributed by atoms with E-state index in [4.69, 9.17) is 4.74 Å². The maximum atomic E-state index is 13.0. The summed E-state index contributed by atoms with van der Waals surface area (Å²) in [4.78, 5) is 12.0. The van der Waals surface area contributed by atoms with Crippen LogP contribution in [0.1, 0.15) is 52.9 Å². The van der Waals surface area contributed by atoms with E-state index in [1.165, 1.54) is 6.92 Å². The fourth-order valence-corrected chi connectivity index (χ4v) is 3.46. The minimum absolute atomic E-state index is 0.232. The van der Waals surface area contributed by atoms with Gasteiger partial charge in [-0.3, -0.25) is 4.79 Å². The Bertz CT molecular complexity index is 379. The Labute approximate surface area is 111 Å². The van der Waals surface area contributed by atoms with Gasteiger partial charge in [0.1, 0.15) is 5.60 Å². The molecule has 4 unspecified atom stereocenters. The Morgan fingerprint density at radius 2 is 2.00 bits per heavy atom. The molecule has 2 nitrogen and oxygen atoms in total. The van der Waals surface area contributed by atoms with Crippen LogP contribution in [0, 0.1) is 17.3 Å². The molecule has 5 heteroatoms. The summed E-state index contributed by atoms with van der Waals surface area (Å²) in [6.07, 6.45) is -1.09. The summed E-state index contributed by atoms with van der Waals surface area (Å²) in [5, 5.41) is 0. The molecule has 0 aromatic rings. The van der Waals surface area contributed by atoms with Crippen molar-refractivity contribution < 1.29 is 22.7 Å². The molecule has 2 saturated carbocycles. The second-order valence-corrected chi connectivity index (χ2v) is 6.47. The largest absolute Gasteiger partial charge is 0.458 e. The summed E-state index contributed by atoms with van der Waals surface area (Å²) in [5.74, 6) is -0.366. The average molecular weight is 278 g/mol. The topological polar surface area (TPSA) is 26.3 Å². The molecule has 4 atom stereocenters. The molecule has 2 aliphatic carbocycles. The van der Waals surface area contributed by atoms with Crippen LogP contribution in [0.2, 0.25) is 0 Å². The van der Waals surface area contributed by atoms with Crippen molar-refractivity contribution in [3.05, 3.63) is 0 Å². The van der Waals surface area contributed by atoms with Crippen molar-refractivity contribution in [1.82, 2.24) is 0 Å². The minimum Gasteiger partial charge on any atom is -0.458 e. The molecule has 0 aromatic heterocycles. The van der Waals surface area contributed by atoms with Crippen LogP contribution >= 0.6 is 0 Å². The smallest absolute Gasteiger partial charge is 0.404 e. The van der Waals surface area contributed by atoms with E-state index in [0.29, 0.717) is 12.3 Å². The van der Waals surface area contributed by atoms with Gasteiger partial charge in [-0.25, -0.2) is 0 Å². The fourth-order valence-electron chi connectivity index (χ4n) is 3.46. The number of esters is 1. The Balaban J connectivity index is 2.13. The zero-order valence-corrected chi connectivity index (χ0v) is 11.6. The van der Waals surface area contributed by atoms with Crippen LogP contribution in [0.25, 0.3) is 0 Å². The zero-order chi connectivity index (χ0) is 14.5. The molecule has 0 aliphatic heterocycles. The minimum atomic E-state index is -4.56. The second kappa shape index (κ2) is 4.38. The van der Waals surface area contributed by atoms with Crippen LogP contribution in [-0.2, 0) is 9.53 Å². The molecule has 0 N–H and O–H groups in total. The number of carbonyl (C=O) groups is 1. The number of hydrogen-bond donors (Lipinski definition) is 0. The standard InChI is InChI=1S/C14H21F3O2/c1-4-12(2,14(15,16)17)11(18)19-13(3)8-9-5-6-10(13)7-9/h9-10H,4-8H2,1-3H3. The van der Waals surface area contributed by atoms with Crippen LogP contribution in [0.5, 0.6) is 0 Å². The van der Waals surface area contributed by atoms with Gasteiger partial charge in [0, 0.05) is 0 Å². The van der Waals surface area contributed by atoms with Crippen molar-refractivity contribution in [2.75, 3.05) is 0 Å². The van der Waals surface area contributed by atoms with Crippen molar-refractivity contribution in [2.24, 2.45) is 17.3 Å². The van der Waals surface area contributed by atoms with Gasteiger partial charge >= 0.3 is 12.1 Å². The van der Waals surface area contributed by atoms with E-state index in [-0.39, 0.29) is 12.3 Å². The SMILES string of the molecule is CCC(C)(C(=O)OC1(C)CC2CCC1C2)C(F)(F)F. The molecule has 0 amide bonds. The molecule has 2 fully saturated rings. The highest BCUT2D eigenvalue weighted by Crippen LogP contribution is 2.53. The van der Waals surface area contributed by atoms with Gasteiger partial charge in [-0.2, -0.15) is 13.2 Å². The lowest BCUT2D eigenvalue weighted by molar-refractivity contribution is -0.239. The molecule has 2 aliphatic rings. The molecule has 0 radical (unpaired) electrons. The van der Waals surface area contributed by atoms with Crippen LogP contribution in [0.15, 0.2) is 0 Å². The highest BCUT2D eigenvalue weighted by molar-refractivity contribution is 5.77. The lowest BCUT2D eigenvalue weighted by atomic mass is 9.83. The predicted octanol–water partition coefficient (Wildman–Crippen LogP) is 4.09. The second-order valence-electron chi connectivity index (χ2n) is 6.47. The molecule has 110 valence electrons. The zero-order valence-electron chi connectivity index (χ0n) is 11.6. The molecule has 0 aromatic carbocycles. The molecular formula is C14H21F3O2. The van der Waals surface area contributed by atoms with Crippen LogP contribution in [0.3, 0.4) is 0 Å². The number of alkyl halides is 3. The summed E-state index contributed by atoms with van der Waals surface area (Å²) in [5.41, 5.74) is -3.08. The number of rotatable bonds is 3. The summed E-state index contributed by atoms with van der Waals surface area (Å²) < 4.78 is 44.5. The van der Waals surface area contributed by atoms with Crippen molar-refractivity contribution in [1.29, 1.82) is 0 Å². The van der Waals surface area contributed by atoms with Crippen LogP contribution < -0.4 is 0 Å². The van der Waals surface area contributed by atoms with Gasteiger partial charge in [-0.1, -0.05) is 6.92 Å². The monoisotopic (exact) mass is 278 g/mol. The molecular weight excluding hydrogens is 257 g/mol. The number of hydrogen-bond acceptors (Lipinski definition) is 2. The number of halogens is 3. The Hall–Kier alpha value is -0.740. The van der Waals surface area contributed by atoms with Gasteiger partial charge in [0.2, 0.25) is 0 Å². The third-order valence-electron chi connectivity index (χ3n) is 5.21. The molecule has 0 saturated heterocycles. The third kappa shape index (κ3) is 2.25. The van der Waals surface area contributed by atoms with Gasteiger partial charge in [0.25, 0.3) is 0 Å². The van der Waals surface area contributed by atoms with E-state index in [9.17, 15) is 18.0 Å². The molecule has 0 heterocycles. The van der Waals surface area contributed by atoms with Gasteiger partial charge in [-0.05, 0) is 57.8 Å². The van der Waals surface area contributed by atoms with E-state index >= 15 is 0 Å². The predicted molar refractivity (Wildman–Crippen MR) is 64.4 cm³/mol. The first-order chi connectivity index (χ1) is 8.62. The number of carbonyl (C=O) groups excluding carboxylic acids is 1. The highest BCUT2D eigenvalue weighted by Gasteiger charge is 2.59. The maximum absolute atomic E-state index is 13.0. The average Bonchev–Trinajstić information content (AvgIpc) is 2.85. The van der Waals surface area contributed by atoms with E-state index < -0.39 is 23.2 Å². The third-order valence-corrected chi connectivity index (χ3v) is 5.21. The first-order valence-corrected chi connectivity index (χ1v) is 6.92. The number of fused-ring (bicyclic) bond motifs is 2. The first-order valence-electron chi connectivity index (χ1n) is 6.92. The van der Waals surface area contributed by atoms with E-state index in [2.05, 4.69) is 0 Å². The Kier molecular flexibility index (Phi) is 3.38. The van der Waals surface area contributed by atoms with Gasteiger partial charge in [-0.15, -0.1) is 0 Å². The quantitative estimate of drug-likeness (QED) is 0.727. The summed E-state index contributed by atoms with van der Waals surface area (Å²) >= 11 is 0. The maximum Gasteiger partial charge on any atom is 0.404 e. The number of ether oxygens (including phenoxy) is 1. The van der Waals surface area contributed by atoms with E-state index in [1.807, 2.05) is 0 Å². The highest BCUT2D eigenvalue weighted by atomic mass is 19.4. The van der Waals surface area contributed by atoms with E-state index in [0.717, 1.165) is 26.2 Å². The van der Waals surface area contributed by atoms with Crippen molar-refractivity contribution in [3.63, 3.8) is 0 Å². The van der Waals surface area contributed by atoms with Crippen LogP contribution in [-0.4, -0.2) is 17.7 Å². The molecule has 2 bridgehead atoms. The first kappa shape index (κ1) is 14.7. The normalized spacial score (nSPS) is 37.2. The lowest BCUT2D eigenvalue weighted by Gasteiger charge is -2.38. The van der Waals surface area contributed by atoms with E-state index in [1.54, 1.807) is 6.92 Å². The molecule has 19 heavy (non-hydrogen) atoms.